The van der Waals surface area contributed by atoms with Crippen LogP contribution in [0, 0.1) is 0 Å². The second-order valence-electron chi connectivity index (χ2n) is 4.87. The van der Waals surface area contributed by atoms with E-state index in [9.17, 15) is 0 Å². The highest BCUT2D eigenvalue weighted by atomic mass is 35.5. The number of nitrogens with two attached hydrogens (primary N) is 1. The molecule has 3 nitrogen and oxygen atoms in total. The predicted molar refractivity (Wildman–Crippen MR) is 72.0 cm³/mol. The number of nitrogens with zero attached hydrogens (tertiary/aromatic N) is 2. The van der Waals surface area contributed by atoms with Crippen LogP contribution >= 0.6 is 11.6 Å². The first kappa shape index (κ1) is 12.7. The lowest BCUT2D eigenvalue weighted by molar-refractivity contribution is 0.183. The molecule has 0 spiro atoms. The van der Waals surface area contributed by atoms with Crippen molar-refractivity contribution < 1.29 is 0 Å². The van der Waals surface area contributed by atoms with Gasteiger partial charge in [0.15, 0.2) is 0 Å². The summed E-state index contributed by atoms with van der Waals surface area (Å²) in [5.41, 5.74) is 6.58. The van der Waals surface area contributed by atoms with Crippen LogP contribution in [0.5, 0.6) is 0 Å². The molecular weight excluding hydrogens is 234 g/mol. The molecule has 1 aliphatic rings. The minimum Gasteiger partial charge on any atom is -0.384 e. The first-order valence-electron chi connectivity index (χ1n) is 6.28. The van der Waals surface area contributed by atoms with Gasteiger partial charge < -0.3 is 5.73 Å². The van der Waals surface area contributed by atoms with Crippen molar-refractivity contribution >= 4 is 17.4 Å². The minimum atomic E-state index is 0.543. The van der Waals surface area contributed by atoms with E-state index in [2.05, 4.69) is 16.9 Å². The fourth-order valence-electron chi connectivity index (χ4n) is 2.50. The Morgan fingerprint density at radius 2 is 2.06 bits per heavy atom. The first-order chi connectivity index (χ1) is 8.16. The molecule has 4 heteroatoms. The van der Waals surface area contributed by atoms with E-state index in [1.807, 2.05) is 6.07 Å². The lowest BCUT2D eigenvalue weighted by Gasteiger charge is -2.31. The molecule has 1 fully saturated rings. The quantitative estimate of drug-likeness (QED) is 0.900. The Balaban J connectivity index is 2.01. The summed E-state index contributed by atoms with van der Waals surface area (Å²) >= 11 is 6.13. The zero-order valence-corrected chi connectivity index (χ0v) is 11.1. The maximum Gasteiger partial charge on any atom is 0.123 e. The number of pyridine rings is 1. The Morgan fingerprint density at radius 3 is 2.76 bits per heavy atom. The Kier molecular flexibility index (Phi) is 4.24. The Morgan fingerprint density at radius 1 is 1.35 bits per heavy atom. The lowest BCUT2D eigenvalue weighted by Crippen LogP contribution is -2.33. The van der Waals surface area contributed by atoms with E-state index in [4.69, 9.17) is 17.3 Å². The van der Waals surface area contributed by atoms with Crippen molar-refractivity contribution in [3.05, 3.63) is 22.8 Å². The van der Waals surface area contributed by atoms with Gasteiger partial charge in [-0.1, -0.05) is 30.9 Å². The standard InChI is InChI=1S/C13H20ClN3/c1-17(10-5-3-2-4-6-10)9-12-11(14)7-8-13(15)16-12/h7-8,10H,2-6,9H2,1H3,(H2,15,16). The van der Waals surface area contributed by atoms with E-state index in [1.165, 1.54) is 32.1 Å². The number of aromatic nitrogens is 1. The molecule has 1 heterocycles. The van der Waals surface area contributed by atoms with Gasteiger partial charge in [0.2, 0.25) is 0 Å². The maximum atomic E-state index is 6.13. The molecule has 1 saturated carbocycles. The third kappa shape index (κ3) is 3.33. The van der Waals surface area contributed by atoms with Crippen molar-refractivity contribution in [3.63, 3.8) is 0 Å². The third-order valence-electron chi connectivity index (χ3n) is 3.54. The summed E-state index contributed by atoms with van der Waals surface area (Å²) in [6.45, 7) is 0.786. The molecule has 0 unspecified atom stereocenters. The van der Waals surface area contributed by atoms with Crippen LogP contribution in [0.3, 0.4) is 0 Å². The van der Waals surface area contributed by atoms with Gasteiger partial charge in [-0.3, -0.25) is 4.90 Å². The highest BCUT2D eigenvalue weighted by Gasteiger charge is 2.19. The molecule has 0 atom stereocenters. The molecule has 1 aliphatic carbocycles. The topological polar surface area (TPSA) is 42.2 Å². The molecule has 0 radical (unpaired) electrons. The van der Waals surface area contributed by atoms with Crippen molar-refractivity contribution in [1.29, 1.82) is 0 Å². The summed E-state index contributed by atoms with van der Waals surface area (Å²) in [7, 11) is 2.15. The summed E-state index contributed by atoms with van der Waals surface area (Å²) < 4.78 is 0. The molecule has 1 aromatic heterocycles. The van der Waals surface area contributed by atoms with Gasteiger partial charge in [-0.05, 0) is 32.0 Å². The maximum absolute atomic E-state index is 6.13. The summed E-state index contributed by atoms with van der Waals surface area (Å²) in [4.78, 5) is 6.67. The van der Waals surface area contributed by atoms with Crippen LogP contribution in [-0.2, 0) is 6.54 Å². The average molecular weight is 254 g/mol. The highest BCUT2D eigenvalue weighted by Crippen LogP contribution is 2.24. The van der Waals surface area contributed by atoms with Crippen molar-refractivity contribution in [2.75, 3.05) is 12.8 Å². The molecular formula is C13H20ClN3. The zero-order valence-electron chi connectivity index (χ0n) is 10.3. The molecule has 2 rings (SSSR count). The van der Waals surface area contributed by atoms with E-state index < -0.39 is 0 Å². The molecule has 0 aromatic carbocycles. The van der Waals surface area contributed by atoms with Crippen molar-refractivity contribution in [1.82, 2.24) is 9.88 Å². The number of anilines is 1. The summed E-state index contributed by atoms with van der Waals surface area (Å²) in [6, 6.07) is 4.24. The second kappa shape index (κ2) is 5.69. The molecule has 0 amide bonds. The van der Waals surface area contributed by atoms with Crippen LogP contribution in [0.25, 0.3) is 0 Å². The van der Waals surface area contributed by atoms with E-state index in [0.29, 0.717) is 16.9 Å². The first-order valence-corrected chi connectivity index (χ1v) is 6.66. The van der Waals surface area contributed by atoms with Gasteiger partial charge in [0.05, 0.1) is 10.7 Å². The van der Waals surface area contributed by atoms with E-state index in [1.54, 1.807) is 6.07 Å². The van der Waals surface area contributed by atoms with Gasteiger partial charge in [0, 0.05) is 12.6 Å². The molecule has 0 aliphatic heterocycles. The second-order valence-corrected chi connectivity index (χ2v) is 5.28. The van der Waals surface area contributed by atoms with Gasteiger partial charge in [0.1, 0.15) is 5.82 Å². The third-order valence-corrected chi connectivity index (χ3v) is 3.88. The van der Waals surface area contributed by atoms with Crippen LogP contribution in [-0.4, -0.2) is 23.0 Å². The number of hydrogen-bond acceptors (Lipinski definition) is 3. The smallest absolute Gasteiger partial charge is 0.123 e. The zero-order chi connectivity index (χ0) is 12.3. The Hall–Kier alpha value is -0.800. The molecule has 0 bridgehead atoms. The fraction of sp³-hybridized carbons (Fsp3) is 0.615. The van der Waals surface area contributed by atoms with Gasteiger partial charge in [0.25, 0.3) is 0 Å². The number of halogens is 1. The van der Waals surface area contributed by atoms with Crippen LogP contribution in [0.2, 0.25) is 5.02 Å². The number of nitrogen functional groups attached to an aromatic ring is 1. The monoisotopic (exact) mass is 253 g/mol. The Labute approximate surface area is 108 Å². The van der Waals surface area contributed by atoms with Crippen LogP contribution in [0.1, 0.15) is 37.8 Å². The Bertz CT molecular complexity index is 375. The normalized spacial score (nSPS) is 17.6. The van der Waals surface area contributed by atoms with E-state index >= 15 is 0 Å². The largest absolute Gasteiger partial charge is 0.384 e. The average Bonchev–Trinajstić information content (AvgIpc) is 2.35. The highest BCUT2D eigenvalue weighted by molar-refractivity contribution is 6.31. The minimum absolute atomic E-state index is 0.543. The summed E-state index contributed by atoms with van der Waals surface area (Å²) in [6.07, 6.45) is 6.63. The summed E-state index contributed by atoms with van der Waals surface area (Å²) in [5, 5.41) is 0.710. The molecule has 94 valence electrons. The SMILES string of the molecule is CN(Cc1nc(N)ccc1Cl)C1CCCCC1. The molecule has 2 N–H and O–H groups in total. The van der Waals surface area contributed by atoms with Gasteiger partial charge in [-0.2, -0.15) is 0 Å². The molecule has 0 saturated heterocycles. The lowest BCUT2D eigenvalue weighted by atomic mass is 9.94. The van der Waals surface area contributed by atoms with E-state index in [-0.39, 0.29) is 0 Å². The summed E-state index contributed by atoms with van der Waals surface area (Å²) in [5.74, 6) is 0.543. The molecule has 1 aromatic rings. The number of rotatable bonds is 3. The van der Waals surface area contributed by atoms with Crippen LogP contribution < -0.4 is 5.73 Å². The van der Waals surface area contributed by atoms with Crippen LogP contribution in [0.4, 0.5) is 5.82 Å². The predicted octanol–water partition coefficient (Wildman–Crippen LogP) is 3.08. The number of hydrogen-bond donors (Lipinski definition) is 1. The van der Waals surface area contributed by atoms with Gasteiger partial charge >= 0.3 is 0 Å². The van der Waals surface area contributed by atoms with Crippen molar-refractivity contribution in [2.24, 2.45) is 0 Å². The van der Waals surface area contributed by atoms with Gasteiger partial charge in [-0.15, -0.1) is 0 Å². The van der Waals surface area contributed by atoms with E-state index in [0.717, 1.165) is 12.2 Å². The van der Waals surface area contributed by atoms with Crippen LogP contribution in [0.15, 0.2) is 12.1 Å². The molecule has 17 heavy (non-hydrogen) atoms. The fourth-order valence-corrected chi connectivity index (χ4v) is 2.66. The van der Waals surface area contributed by atoms with Crippen molar-refractivity contribution in [3.8, 4) is 0 Å². The van der Waals surface area contributed by atoms with Crippen molar-refractivity contribution in [2.45, 2.75) is 44.7 Å². The van der Waals surface area contributed by atoms with Gasteiger partial charge in [-0.25, -0.2) is 4.98 Å².